The van der Waals surface area contributed by atoms with E-state index >= 15 is 0 Å². The lowest BCUT2D eigenvalue weighted by Gasteiger charge is -2.00. The summed E-state index contributed by atoms with van der Waals surface area (Å²) in [5, 5.41) is 9.30. The molecule has 1 aromatic carbocycles. The molecular weight excluding hydrogens is 278 g/mol. The minimum Gasteiger partial charge on any atom is -0.421 e. The van der Waals surface area contributed by atoms with Gasteiger partial charge in [-0.2, -0.15) is 0 Å². The number of nitrogens with zero attached hydrogens (tertiary/aromatic N) is 3. The normalized spacial score (nSPS) is 18.5. The number of benzene rings is 1. The minimum absolute atomic E-state index is 0.233. The van der Waals surface area contributed by atoms with Crippen molar-refractivity contribution < 1.29 is 9.15 Å². The summed E-state index contributed by atoms with van der Waals surface area (Å²) in [7, 11) is 0. The van der Waals surface area contributed by atoms with Crippen LogP contribution in [0.1, 0.15) is 29.7 Å². The van der Waals surface area contributed by atoms with E-state index in [1.807, 2.05) is 36.4 Å². The monoisotopic (exact) mass is 293 g/mol. The maximum Gasteiger partial charge on any atom is 0.240 e. The molecule has 0 bridgehead atoms. The Labute approximate surface area is 127 Å². The van der Waals surface area contributed by atoms with Crippen molar-refractivity contribution in [1.82, 2.24) is 15.2 Å². The van der Waals surface area contributed by atoms with Gasteiger partial charge >= 0.3 is 0 Å². The van der Waals surface area contributed by atoms with Crippen molar-refractivity contribution in [2.45, 2.75) is 12.3 Å². The van der Waals surface area contributed by atoms with Gasteiger partial charge in [0.15, 0.2) is 0 Å². The minimum atomic E-state index is 0.233. The van der Waals surface area contributed by atoms with Crippen molar-refractivity contribution >= 4 is 23.1 Å². The first-order valence-corrected chi connectivity index (χ1v) is 7.33. The first-order chi connectivity index (χ1) is 10.9. The van der Waals surface area contributed by atoms with Crippen molar-refractivity contribution in [1.29, 1.82) is 0 Å². The Hall–Kier alpha value is -2.53. The van der Waals surface area contributed by atoms with Crippen LogP contribution in [0, 0.1) is 0 Å². The van der Waals surface area contributed by atoms with Gasteiger partial charge in [0.05, 0.1) is 18.0 Å². The van der Waals surface area contributed by atoms with Gasteiger partial charge in [-0.15, -0.1) is 10.2 Å². The zero-order valence-electron chi connectivity index (χ0n) is 12.0. The van der Waals surface area contributed by atoms with E-state index in [0.29, 0.717) is 18.4 Å². The summed E-state index contributed by atoms with van der Waals surface area (Å²) >= 11 is 0. The number of hydrogen-bond donors (Lipinski definition) is 0. The van der Waals surface area contributed by atoms with Crippen LogP contribution < -0.4 is 0 Å². The van der Waals surface area contributed by atoms with Crippen molar-refractivity contribution in [2.24, 2.45) is 0 Å². The van der Waals surface area contributed by atoms with E-state index in [2.05, 4.69) is 21.2 Å². The fourth-order valence-electron chi connectivity index (χ4n) is 2.63. The molecule has 3 heterocycles. The van der Waals surface area contributed by atoms with Gasteiger partial charge in [-0.1, -0.05) is 18.2 Å². The summed E-state index contributed by atoms with van der Waals surface area (Å²) in [5.41, 5.74) is 2.05. The summed E-state index contributed by atoms with van der Waals surface area (Å²) in [4.78, 5) is 4.35. The molecule has 0 spiro atoms. The Balaban J connectivity index is 1.60. The zero-order valence-corrected chi connectivity index (χ0v) is 12.0. The van der Waals surface area contributed by atoms with E-state index in [-0.39, 0.29) is 5.92 Å². The summed E-state index contributed by atoms with van der Waals surface area (Å²) in [6.07, 6.45) is 6.57. The summed E-state index contributed by atoms with van der Waals surface area (Å²) in [6.45, 7) is 1.43. The molecule has 3 aromatic rings. The Morgan fingerprint density at radius 2 is 2.05 bits per heavy atom. The number of ether oxygens (including phenoxy) is 1. The highest BCUT2D eigenvalue weighted by atomic mass is 16.5. The van der Waals surface area contributed by atoms with E-state index in [1.165, 1.54) is 0 Å². The molecule has 0 amide bonds. The molecule has 0 aliphatic carbocycles. The van der Waals surface area contributed by atoms with E-state index in [0.717, 1.165) is 29.5 Å². The fourth-order valence-corrected chi connectivity index (χ4v) is 2.63. The third-order valence-electron chi connectivity index (χ3n) is 3.82. The lowest BCUT2D eigenvalue weighted by molar-refractivity contribution is 0.190. The van der Waals surface area contributed by atoms with Gasteiger partial charge in [0.1, 0.15) is 0 Å². The number of para-hydroxylation sites is 1. The highest BCUT2D eigenvalue weighted by Gasteiger charge is 2.23. The molecule has 5 nitrogen and oxygen atoms in total. The highest BCUT2D eigenvalue weighted by molar-refractivity contribution is 5.89. The number of pyridine rings is 1. The number of rotatable bonds is 3. The van der Waals surface area contributed by atoms with Gasteiger partial charge in [0, 0.05) is 24.3 Å². The highest BCUT2D eigenvalue weighted by Crippen LogP contribution is 2.24. The first-order valence-electron chi connectivity index (χ1n) is 7.33. The van der Waals surface area contributed by atoms with E-state index in [9.17, 15) is 0 Å². The molecule has 1 aliphatic rings. The average Bonchev–Trinajstić information content (AvgIpc) is 3.24. The van der Waals surface area contributed by atoms with Crippen LogP contribution >= 0.6 is 0 Å². The molecule has 0 radical (unpaired) electrons. The Bertz CT molecular complexity index is 814. The van der Waals surface area contributed by atoms with Crippen molar-refractivity contribution in [3.05, 3.63) is 53.9 Å². The molecule has 5 heteroatoms. The third kappa shape index (κ3) is 2.51. The SMILES string of the molecule is C(=Cc1ccnc2ccccc12)c1nnc(C2CCOC2)o1. The molecule has 0 N–H and O–H groups in total. The lowest BCUT2D eigenvalue weighted by atomic mass is 10.1. The smallest absolute Gasteiger partial charge is 0.240 e. The molecule has 22 heavy (non-hydrogen) atoms. The molecule has 110 valence electrons. The zero-order chi connectivity index (χ0) is 14.8. The summed E-state index contributed by atoms with van der Waals surface area (Å²) < 4.78 is 11.0. The second kappa shape index (κ2) is 5.69. The van der Waals surface area contributed by atoms with E-state index in [4.69, 9.17) is 9.15 Å². The quantitative estimate of drug-likeness (QED) is 0.741. The molecule has 1 saturated heterocycles. The number of aromatic nitrogens is 3. The maximum atomic E-state index is 5.70. The topological polar surface area (TPSA) is 61.0 Å². The van der Waals surface area contributed by atoms with Crippen LogP contribution in [0.3, 0.4) is 0 Å². The van der Waals surface area contributed by atoms with Crippen LogP contribution in [-0.4, -0.2) is 28.4 Å². The Morgan fingerprint density at radius 3 is 2.95 bits per heavy atom. The van der Waals surface area contributed by atoms with Crippen LogP contribution in [0.25, 0.3) is 23.1 Å². The maximum absolute atomic E-state index is 5.70. The first kappa shape index (κ1) is 13.2. The van der Waals surface area contributed by atoms with Crippen molar-refractivity contribution in [3.8, 4) is 0 Å². The molecule has 1 atom stereocenters. The summed E-state index contributed by atoms with van der Waals surface area (Å²) in [6, 6.07) is 10.0. The molecule has 1 aliphatic heterocycles. The second-order valence-corrected chi connectivity index (χ2v) is 5.29. The predicted molar refractivity (Wildman–Crippen MR) is 83.1 cm³/mol. The van der Waals surface area contributed by atoms with Crippen LogP contribution in [0.2, 0.25) is 0 Å². The largest absolute Gasteiger partial charge is 0.421 e. The van der Waals surface area contributed by atoms with Crippen LogP contribution in [-0.2, 0) is 4.74 Å². The third-order valence-corrected chi connectivity index (χ3v) is 3.82. The van der Waals surface area contributed by atoms with Crippen molar-refractivity contribution in [2.75, 3.05) is 13.2 Å². The van der Waals surface area contributed by atoms with Crippen molar-refractivity contribution in [3.63, 3.8) is 0 Å². The predicted octanol–water partition coefficient (Wildman–Crippen LogP) is 3.29. The molecular formula is C17H15N3O2. The molecule has 4 rings (SSSR count). The van der Waals surface area contributed by atoms with Gasteiger partial charge < -0.3 is 9.15 Å². The van der Waals surface area contributed by atoms with Gasteiger partial charge in [-0.25, -0.2) is 0 Å². The molecule has 1 fully saturated rings. The molecule has 0 saturated carbocycles. The van der Waals surface area contributed by atoms with E-state index < -0.39 is 0 Å². The van der Waals surface area contributed by atoms with Gasteiger partial charge in [0.25, 0.3) is 0 Å². The number of fused-ring (bicyclic) bond motifs is 1. The van der Waals surface area contributed by atoms with E-state index in [1.54, 1.807) is 6.20 Å². The van der Waals surface area contributed by atoms with Crippen LogP contribution in [0.5, 0.6) is 0 Å². The summed E-state index contributed by atoms with van der Waals surface area (Å²) in [5.74, 6) is 1.41. The van der Waals surface area contributed by atoms with Crippen LogP contribution in [0.15, 0.2) is 40.9 Å². The Kier molecular flexibility index (Phi) is 3.40. The molecule has 2 aromatic heterocycles. The van der Waals surface area contributed by atoms with Gasteiger partial charge in [-0.3, -0.25) is 4.98 Å². The standard InChI is InChI=1S/C17H15N3O2/c1-2-4-15-14(3-1)12(7-9-18-15)5-6-16-19-20-17(22-16)13-8-10-21-11-13/h1-7,9,13H,8,10-11H2. The van der Waals surface area contributed by atoms with Crippen LogP contribution in [0.4, 0.5) is 0 Å². The molecule has 1 unspecified atom stereocenters. The van der Waals surface area contributed by atoms with Gasteiger partial charge in [0.2, 0.25) is 11.8 Å². The fraction of sp³-hybridized carbons (Fsp3) is 0.235. The van der Waals surface area contributed by atoms with Gasteiger partial charge in [-0.05, 0) is 30.2 Å². The average molecular weight is 293 g/mol. The lowest BCUT2D eigenvalue weighted by Crippen LogP contribution is -1.97. The second-order valence-electron chi connectivity index (χ2n) is 5.29. The number of hydrogen-bond acceptors (Lipinski definition) is 5. The Morgan fingerprint density at radius 1 is 1.09 bits per heavy atom.